The summed E-state index contributed by atoms with van der Waals surface area (Å²) < 4.78 is 64.6. The van der Waals surface area contributed by atoms with E-state index in [0.29, 0.717) is 68.7 Å². The summed E-state index contributed by atoms with van der Waals surface area (Å²) in [5, 5.41) is 4.73. The second-order valence-corrected chi connectivity index (χ2v) is 14.9. The molecule has 270 valence electrons. The van der Waals surface area contributed by atoms with Crippen molar-refractivity contribution in [1.29, 1.82) is 0 Å². The zero-order valence-corrected chi connectivity index (χ0v) is 28.7. The molecule has 2 aromatic carbocycles. The van der Waals surface area contributed by atoms with Crippen molar-refractivity contribution in [3.63, 3.8) is 0 Å². The van der Waals surface area contributed by atoms with Crippen LogP contribution in [-0.2, 0) is 9.53 Å². The summed E-state index contributed by atoms with van der Waals surface area (Å²) in [5.41, 5.74) is -0.533. The van der Waals surface area contributed by atoms with E-state index in [1.54, 1.807) is 6.07 Å². The molecule has 0 aliphatic carbocycles. The largest absolute Gasteiger partial charge is 0.461 e. The smallest absolute Gasteiger partial charge is 0.319 e. The molecule has 3 unspecified atom stereocenters. The Hall–Kier alpha value is -4.51. The molecule has 5 aliphatic rings. The molecule has 0 spiro atoms. The average molecular weight is 713 g/mol. The van der Waals surface area contributed by atoms with Crippen LogP contribution < -0.4 is 19.7 Å². The third-order valence-corrected chi connectivity index (χ3v) is 11.6. The number of benzene rings is 2. The number of nitrogens with zero attached hydrogens (tertiary/aromatic N) is 5. The molecule has 5 fully saturated rings. The maximum atomic E-state index is 17.2. The Labute approximate surface area is 299 Å². The van der Waals surface area contributed by atoms with Crippen LogP contribution in [0.5, 0.6) is 11.8 Å². The van der Waals surface area contributed by atoms with E-state index in [0.717, 1.165) is 32.2 Å². The first-order chi connectivity index (χ1) is 25.3. The van der Waals surface area contributed by atoms with Crippen LogP contribution in [0.1, 0.15) is 50.5 Å². The standard InChI is InChI=1S/C39H39F3N6O4/c1-2-28-31(41)7-4-23-14-27(52-37(49)22-8-12-50-13-9-22)15-29(32(23)28)34-33(42)35-30(17-43-34)36(47-19-25-5-6-26(20-47)44-25)46-38(45-35)51-21-39-10-3-11-48(39)18-24(40)16-39/h1,4,7,14-15,17,22,24-26,44H,3,5-6,8-13,16,18-21H2/t24-,25?,26?,39?/m1/s1. The monoisotopic (exact) mass is 712 g/mol. The number of piperazine rings is 1. The third-order valence-electron chi connectivity index (χ3n) is 11.6. The zero-order chi connectivity index (χ0) is 35.6. The van der Waals surface area contributed by atoms with Crippen LogP contribution in [0.4, 0.5) is 19.0 Å². The third kappa shape index (κ3) is 5.81. The molecule has 2 aromatic heterocycles. The molecule has 13 heteroatoms. The highest BCUT2D eigenvalue weighted by atomic mass is 19.1. The van der Waals surface area contributed by atoms with Gasteiger partial charge in [-0.05, 0) is 68.7 Å². The van der Waals surface area contributed by atoms with Gasteiger partial charge in [0.2, 0.25) is 0 Å². The minimum Gasteiger partial charge on any atom is -0.461 e. The van der Waals surface area contributed by atoms with Gasteiger partial charge in [-0.25, -0.2) is 13.2 Å². The topological polar surface area (TPSA) is 102 Å². The quantitative estimate of drug-likeness (QED) is 0.154. The highest BCUT2D eigenvalue weighted by molar-refractivity contribution is 6.03. The molecule has 7 heterocycles. The Balaban J connectivity index is 1.17. The summed E-state index contributed by atoms with van der Waals surface area (Å²) in [6.07, 6.45) is 11.6. The fourth-order valence-corrected chi connectivity index (χ4v) is 9.07. The minimum absolute atomic E-state index is 0.00711. The minimum atomic E-state index is -0.932. The van der Waals surface area contributed by atoms with E-state index in [4.69, 9.17) is 25.6 Å². The average Bonchev–Trinajstić information content (AvgIpc) is 3.80. The Kier molecular flexibility index (Phi) is 8.44. The summed E-state index contributed by atoms with van der Waals surface area (Å²) in [7, 11) is 0. The number of fused-ring (bicyclic) bond motifs is 5. The first-order valence-corrected chi connectivity index (χ1v) is 18.2. The summed E-state index contributed by atoms with van der Waals surface area (Å²) in [4.78, 5) is 31.5. The van der Waals surface area contributed by atoms with Gasteiger partial charge in [0.05, 0.1) is 22.4 Å². The SMILES string of the molecule is C#Cc1c(F)ccc2cc(OC(=O)C3CCOCC3)cc(-c3ncc4c(N5CC6CCC(C5)N6)nc(OCC56CCCN5C[C@H](F)C6)nc4c3F)c12. The first kappa shape index (κ1) is 33.3. The number of hydrogen-bond acceptors (Lipinski definition) is 10. The van der Waals surface area contributed by atoms with Crippen LogP contribution in [0.2, 0.25) is 0 Å². The molecule has 5 aliphatic heterocycles. The Morgan fingerprint density at radius 3 is 2.69 bits per heavy atom. The van der Waals surface area contributed by atoms with Gasteiger partial charge < -0.3 is 24.4 Å². The van der Waals surface area contributed by atoms with Crippen molar-refractivity contribution < 1.29 is 32.2 Å². The summed E-state index contributed by atoms with van der Waals surface area (Å²) >= 11 is 0. The normalized spacial score (nSPS) is 26.2. The van der Waals surface area contributed by atoms with Gasteiger partial charge in [0.1, 0.15) is 41.4 Å². The molecule has 10 nitrogen and oxygen atoms in total. The fourth-order valence-electron chi connectivity index (χ4n) is 9.07. The van der Waals surface area contributed by atoms with Crippen molar-refractivity contribution in [2.24, 2.45) is 5.92 Å². The molecule has 2 bridgehead atoms. The molecular formula is C39H39F3N6O4. The number of hydrogen-bond donors (Lipinski definition) is 1. The highest BCUT2D eigenvalue weighted by Crippen LogP contribution is 2.42. The molecule has 0 amide bonds. The molecule has 0 radical (unpaired) electrons. The number of aromatic nitrogens is 3. The van der Waals surface area contributed by atoms with Crippen molar-refractivity contribution >= 4 is 33.5 Å². The number of carbonyl (C=O) groups is 1. The lowest BCUT2D eigenvalue weighted by Gasteiger charge is -2.34. The fraction of sp³-hybridized carbons (Fsp3) is 0.487. The molecule has 52 heavy (non-hydrogen) atoms. The van der Waals surface area contributed by atoms with E-state index in [-0.39, 0.29) is 64.1 Å². The van der Waals surface area contributed by atoms with Gasteiger partial charge >= 0.3 is 12.0 Å². The van der Waals surface area contributed by atoms with Gasteiger partial charge in [0, 0.05) is 68.5 Å². The number of carbonyl (C=O) groups excluding carboxylic acids is 1. The van der Waals surface area contributed by atoms with E-state index in [1.807, 2.05) is 0 Å². The summed E-state index contributed by atoms with van der Waals surface area (Å²) in [6.45, 7) is 3.61. The molecule has 1 N–H and O–H groups in total. The van der Waals surface area contributed by atoms with E-state index in [1.165, 1.54) is 24.4 Å². The summed E-state index contributed by atoms with van der Waals surface area (Å²) in [6, 6.07) is 6.36. The van der Waals surface area contributed by atoms with Gasteiger partial charge in [-0.15, -0.1) is 6.42 Å². The number of nitrogens with one attached hydrogen (secondary N) is 1. The van der Waals surface area contributed by atoms with Crippen molar-refractivity contribution in [2.45, 2.75) is 68.7 Å². The van der Waals surface area contributed by atoms with Gasteiger partial charge in [-0.2, -0.15) is 9.97 Å². The van der Waals surface area contributed by atoms with Crippen LogP contribution in [-0.4, -0.2) is 95.6 Å². The van der Waals surface area contributed by atoms with Crippen LogP contribution in [0, 0.1) is 29.9 Å². The number of alkyl halides is 1. The lowest BCUT2D eigenvalue weighted by Crippen LogP contribution is -2.51. The lowest BCUT2D eigenvalue weighted by molar-refractivity contribution is -0.141. The van der Waals surface area contributed by atoms with Gasteiger partial charge in [-0.3, -0.25) is 14.7 Å². The van der Waals surface area contributed by atoms with Crippen molar-refractivity contribution in [3.05, 3.63) is 47.7 Å². The highest BCUT2D eigenvalue weighted by Gasteiger charge is 2.49. The molecule has 4 aromatic rings. The Morgan fingerprint density at radius 1 is 1.10 bits per heavy atom. The number of anilines is 1. The van der Waals surface area contributed by atoms with Crippen molar-refractivity contribution in [1.82, 2.24) is 25.2 Å². The molecule has 9 rings (SSSR count). The predicted molar refractivity (Wildman–Crippen MR) is 188 cm³/mol. The zero-order valence-electron chi connectivity index (χ0n) is 28.7. The number of rotatable bonds is 7. The van der Waals surface area contributed by atoms with E-state index >= 15 is 8.78 Å². The number of halogens is 3. The van der Waals surface area contributed by atoms with Gasteiger partial charge in [0.25, 0.3) is 0 Å². The maximum absolute atomic E-state index is 17.2. The first-order valence-electron chi connectivity index (χ1n) is 18.2. The Morgan fingerprint density at radius 2 is 1.90 bits per heavy atom. The molecular weight excluding hydrogens is 673 g/mol. The number of ether oxygens (including phenoxy) is 3. The Bertz CT molecular complexity index is 2110. The van der Waals surface area contributed by atoms with Crippen LogP contribution in [0.25, 0.3) is 32.9 Å². The van der Waals surface area contributed by atoms with Gasteiger partial charge in [0.15, 0.2) is 5.82 Å². The molecule has 5 saturated heterocycles. The second kappa shape index (κ2) is 13.2. The van der Waals surface area contributed by atoms with Crippen LogP contribution in [0.3, 0.4) is 0 Å². The number of terminal acetylenes is 1. The van der Waals surface area contributed by atoms with E-state index < -0.39 is 29.3 Å². The van der Waals surface area contributed by atoms with E-state index in [9.17, 15) is 9.18 Å². The van der Waals surface area contributed by atoms with Crippen molar-refractivity contribution in [2.75, 3.05) is 50.9 Å². The molecule has 4 atom stereocenters. The predicted octanol–water partition coefficient (Wildman–Crippen LogP) is 5.33. The second-order valence-electron chi connectivity index (χ2n) is 14.9. The van der Waals surface area contributed by atoms with Crippen LogP contribution in [0.15, 0.2) is 30.5 Å². The molecule has 0 saturated carbocycles. The number of pyridine rings is 1. The van der Waals surface area contributed by atoms with Crippen LogP contribution >= 0.6 is 0 Å². The summed E-state index contributed by atoms with van der Waals surface area (Å²) in [5.74, 6) is 0.877. The lowest BCUT2D eigenvalue weighted by atomic mass is 9.95. The number of esters is 1. The maximum Gasteiger partial charge on any atom is 0.319 e. The van der Waals surface area contributed by atoms with Crippen molar-refractivity contribution in [3.8, 4) is 35.4 Å². The van der Waals surface area contributed by atoms with E-state index in [2.05, 4.69) is 31.0 Å². The van der Waals surface area contributed by atoms with Gasteiger partial charge in [-0.1, -0.05) is 12.0 Å².